The molecule has 2 unspecified atom stereocenters. The third-order valence-corrected chi connectivity index (χ3v) is 3.22. The number of carboxylic acid groups (broad SMARTS) is 1. The fourth-order valence-corrected chi connectivity index (χ4v) is 1.97. The standard InChI is InChI=1S/C16H16O7/c1-2-14(17)21-8-7-12(13-9-22-13)23-16(20)11-6-4-3-5-10(11)15(18)19/h2-6,12-13H,1,7-9H2,(H,18,19). The van der Waals surface area contributed by atoms with E-state index in [0.29, 0.717) is 6.61 Å². The highest BCUT2D eigenvalue weighted by atomic mass is 16.6. The number of carbonyl (C=O) groups excluding carboxylic acids is 2. The van der Waals surface area contributed by atoms with Gasteiger partial charge in [-0.2, -0.15) is 0 Å². The van der Waals surface area contributed by atoms with Crippen LogP contribution in [0, 0.1) is 0 Å². The van der Waals surface area contributed by atoms with Gasteiger partial charge in [-0.3, -0.25) is 0 Å². The third-order valence-electron chi connectivity index (χ3n) is 3.22. The second-order valence-corrected chi connectivity index (χ2v) is 4.83. The molecule has 2 atom stereocenters. The summed E-state index contributed by atoms with van der Waals surface area (Å²) in [5.74, 6) is -2.53. The monoisotopic (exact) mass is 320 g/mol. The van der Waals surface area contributed by atoms with E-state index in [1.807, 2.05) is 0 Å². The van der Waals surface area contributed by atoms with Crippen molar-refractivity contribution in [2.45, 2.75) is 18.6 Å². The first kappa shape index (κ1) is 16.7. The van der Waals surface area contributed by atoms with Crippen molar-refractivity contribution in [3.05, 3.63) is 48.0 Å². The number of carbonyl (C=O) groups is 3. The van der Waals surface area contributed by atoms with Gasteiger partial charge in [-0.15, -0.1) is 0 Å². The molecule has 0 amide bonds. The van der Waals surface area contributed by atoms with E-state index < -0.39 is 24.0 Å². The Morgan fingerprint density at radius 3 is 2.57 bits per heavy atom. The van der Waals surface area contributed by atoms with E-state index in [9.17, 15) is 14.4 Å². The minimum Gasteiger partial charge on any atom is -0.478 e. The van der Waals surface area contributed by atoms with Crippen LogP contribution < -0.4 is 0 Å². The van der Waals surface area contributed by atoms with Gasteiger partial charge in [0.05, 0.1) is 24.3 Å². The number of hydrogen-bond donors (Lipinski definition) is 1. The summed E-state index contributed by atoms with van der Waals surface area (Å²) in [7, 11) is 0. The molecule has 1 aliphatic rings. The molecule has 1 heterocycles. The van der Waals surface area contributed by atoms with Gasteiger partial charge in [-0.1, -0.05) is 18.7 Å². The molecule has 1 aromatic carbocycles. The Labute approximate surface area is 132 Å². The lowest BCUT2D eigenvalue weighted by atomic mass is 10.1. The van der Waals surface area contributed by atoms with Crippen molar-refractivity contribution >= 4 is 17.9 Å². The lowest BCUT2D eigenvalue weighted by Gasteiger charge is -2.16. The second kappa shape index (κ2) is 7.55. The average Bonchev–Trinajstić information content (AvgIpc) is 3.38. The van der Waals surface area contributed by atoms with Crippen molar-refractivity contribution in [3.8, 4) is 0 Å². The average molecular weight is 320 g/mol. The van der Waals surface area contributed by atoms with Gasteiger partial charge in [-0.25, -0.2) is 14.4 Å². The van der Waals surface area contributed by atoms with E-state index in [2.05, 4.69) is 6.58 Å². The smallest absolute Gasteiger partial charge is 0.339 e. The summed E-state index contributed by atoms with van der Waals surface area (Å²) < 4.78 is 15.3. The topological polar surface area (TPSA) is 102 Å². The molecule has 23 heavy (non-hydrogen) atoms. The van der Waals surface area contributed by atoms with Crippen LogP contribution in [-0.2, 0) is 19.0 Å². The number of hydrogen-bond acceptors (Lipinski definition) is 6. The largest absolute Gasteiger partial charge is 0.478 e. The molecular weight excluding hydrogens is 304 g/mol. The molecule has 0 aromatic heterocycles. The molecule has 7 nitrogen and oxygen atoms in total. The number of aromatic carboxylic acids is 1. The van der Waals surface area contributed by atoms with Gasteiger partial charge in [0.1, 0.15) is 12.2 Å². The quantitative estimate of drug-likeness (QED) is 0.439. The van der Waals surface area contributed by atoms with E-state index in [0.717, 1.165) is 6.08 Å². The summed E-state index contributed by atoms with van der Waals surface area (Å²) in [6, 6.07) is 5.79. The van der Waals surface area contributed by atoms with E-state index in [1.54, 1.807) is 6.07 Å². The lowest BCUT2D eigenvalue weighted by Crippen LogP contribution is -2.26. The van der Waals surface area contributed by atoms with Crippen LogP contribution in [0.25, 0.3) is 0 Å². The summed E-state index contributed by atoms with van der Waals surface area (Å²) in [6.45, 7) is 3.76. The first-order valence-corrected chi connectivity index (χ1v) is 6.97. The molecule has 1 fully saturated rings. The Balaban J connectivity index is 2.00. The Hall–Kier alpha value is -2.67. The van der Waals surface area contributed by atoms with Gasteiger partial charge in [0, 0.05) is 12.5 Å². The first-order valence-electron chi connectivity index (χ1n) is 6.97. The van der Waals surface area contributed by atoms with Crippen LogP contribution in [0.1, 0.15) is 27.1 Å². The first-order chi connectivity index (χ1) is 11.0. The van der Waals surface area contributed by atoms with Crippen LogP contribution in [0.2, 0.25) is 0 Å². The van der Waals surface area contributed by atoms with Crippen molar-refractivity contribution in [1.82, 2.24) is 0 Å². The molecule has 1 N–H and O–H groups in total. The van der Waals surface area contributed by atoms with Gasteiger partial charge < -0.3 is 19.3 Å². The molecule has 0 spiro atoms. The van der Waals surface area contributed by atoms with Crippen molar-refractivity contribution in [2.75, 3.05) is 13.2 Å². The Morgan fingerprint density at radius 1 is 1.35 bits per heavy atom. The molecule has 0 bridgehead atoms. The molecule has 1 aliphatic heterocycles. The number of carboxylic acids is 1. The summed E-state index contributed by atoms with van der Waals surface area (Å²) in [6.07, 6.45) is 0.420. The Morgan fingerprint density at radius 2 is 2.00 bits per heavy atom. The molecular formula is C16H16O7. The van der Waals surface area contributed by atoms with Crippen LogP contribution in [-0.4, -0.2) is 48.4 Å². The predicted octanol–water partition coefficient (Wildman–Crippen LogP) is 1.43. The molecule has 1 saturated heterocycles. The van der Waals surface area contributed by atoms with E-state index in [4.69, 9.17) is 19.3 Å². The van der Waals surface area contributed by atoms with Crippen molar-refractivity contribution in [1.29, 1.82) is 0 Å². The van der Waals surface area contributed by atoms with Crippen LogP contribution in [0.5, 0.6) is 0 Å². The maximum Gasteiger partial charge on any atom is 0.339 e. The summed E-state index contributed by atoms with van der Waals surface area (Å²) in [5, 5.41) is 9.10. The van der Waals surface area contributed by atoms with Crippen LogP contribution >= 0.6 is 0 Å². The number of ether oxygens (including phenoxy) is 3. The van der Waals surface area contributed by atoms with Crippen LogP contribution in [0.4, 0.5) is 0 Å². The molecule has 7 heteroatoms. The summed E-state index contributed by atoms with van der Waals surface area (Å²) in [5.41, 5.74) is -0.167. The highest BCUT2D eigenvalue weighted by Gasteiger charge is 2.36. The van der Waals surface area contributed by atoms with Crippen molar-refractivity contribution < 1.29 is 33.7 Å². The third kappa shape index (κ3) is 4.65. The zero-order valence-electron chi connectivity index (χ0n) is 12.3. The summed E-state index contributed by atoms with van der Waals surface area (Å²) >= 11 is 0. The van der Waals surface area contributed by atoms with Gasteiger partial charge in [0.2, 0.25) is 0 Å². The molecule has 1 aromatic rings. The molecule has 0 aliphatic carbocycles. The van der Waals surface area contributed by atoms with Crippen molar-refractivity contribution in [3.63, 3.8) is 0 Å². The van der Waals surface area contributed by atoms with Gasteiger partial charge in [-0.05, 0) is 12.1 Å². The normalized spacial score (nSPS) is 17.0. The van der Waals surface area contributed by atoms with Crippen LogP contribution in [0.15, 0.2) is 36.9 Å². The Kier molecular flexibility index (Phi) is 5.48. The SMILES string of the molecule is C=CC(=O)OCCC(OC(=O)c1ccccc1C(=O)O)C1CO1. The van der Waals surface area contributed by atoms with Gasteiger partial charge in [0.15, 0.2) is 0 Å². The molecule has 122 valence electrons. The van der Waals surface area contributed by atoms with Crippen molar-refractivity contribution in [2.24, 2.45) is 0 Å². The fourth-order valence-electron chi connectivity index (χ4n) is 1.97. The van der Waals surface area contributed by atoms with E-state index in [-0.39, 0.29) is 30.3 Å². The summed E-state index contributed by atoms with van der Waals surface area (Å²) in [4.78, 5) is 34.3. The van der Waals surface area contributed by atoms with Crippen LogP contribution in [0.3, 0.4) is 0 Å². The molecule has 0 radical (unpaired) electrons. The highest BCUT2D eigenvalue weighted by Crippen LogP contribution is 2.22. The van der Waals surface area contributed by atoms with Gasteiger partial charge >= 0.3 is 17.9 Å². The minimum atomic E-state index is -1.21. The minimum absolute atomic E-state index is 0.0336. The van der Waals surface area contributed by atoms with Gasteiger partial charge in [0.25, 0.3) is 0 Å². The number of benzene rings is 1. The van der Waals surface area contributed by atoms with E-state index in [1.165, 1.54) is 18.2 Å². The highest BCUT2D eigenvalue weighted by molar-refractivity contribution is 6.02. The number of rotatable bonds is 8. The number of epoxide rings is 1. The maximum atomic E-state index is 12.2. The van der Waals surface area contributed by atoms with E-state index >= 15 is 0 Å². The predicted molar refractivity (Wildman–Crippen MR) is 78.1 cm³/mol. The zero-order valence-corrected chi connectivity index (χ0v) is 12.3. The molecule has 0 saturated carbocycles. The zero-order chi connectivity index (χ0) is 16.8. The second-order valence-electron chi connectivity index (χ2n) is 4.83. The maximum absolute atomic E-state index is 12.2. The fraction of sp³-hybridized carbons (Fsp3) is 0.312. The number of esters is 2. The Bertz CT molecular complexity index is 619. The molecule has 2 rings (SSSR count). The lowest BCUT2D eigenvalue weighted by molar-refractivity contribution is -0.138.